The third-order valence-corrected chi connectivity index (χ3v) is 3.77. The van der Waals surface area contributed by atoms with Crippen molar-refractivity contribution >= 4 is 29.2 Å². The minimum atomic E-state index is -1.26. The number of halogens is 1. The molecule has 0 amide bonds. The van der Waals surface area contributed by atoms with E-state index in [1.807, 2.05) is 18.3 Å². The first-order valence-electron chi connectivity index (χ1n) is 6.70. The van der Waals surface area contributed by atoms with Crippen molar-refractivity contribution in [2.45, 2.75) is 6.04 Å². The minimum Gasteiger partial charge on any atom is -0.478 e. The third-order valence-electron chi connectivity index (χ3n) is 3.55. The number of carboxylic acid groups (broad SMARTS) is 2. The van der Waals surface area contributed by atoms with Gasteiger partial charge in [0.2, 0.25) is 0 Å². The predicted octanol–water partition coefficient (Wildman–Crippen LogP) is 0.855. The molecule has 8 heteroatoms. The second-order valence-corrected chi connectivity index (χ2v) is 5.37. The number of rotatable bonds is 3. The molecule has 2 aliphatic rings. The molecule has 0 spiro atoms. The highest BCUT2D eigenvalue weighted by Gasteiger charge is 2.42. The van der Waals surface area contributed by atoms with E-state index in [9.17, 15) is 9.59 Å². The highest BCUT2D eigenvalue weighted by molar-refractivity contribution is 6.29. The van der Waals surface area contributed by atoms with Gasteiger partial charge in [0.05, 0.1) is 11.9 Å². The highest BCUT2D eigenvalue weighted by Crippen LogP contribution is 2.32. The molecule has 0 bridgehead atoms. The number of nitrogens with one attached hydrogen (secondary N) is 1. The van der Waals surface area contributed by atoms with Crippen molar-refractivity contribution in [2.75, 3.05) is 24.5 Å². The molecule has 0 saturated carbocycles. The summed E-state index contributed by atoms with van der Waals surface area (Å²) >= 11 is 5.75. The SMILES string of the molecule is Clc1ccc(N2C[C@@H]3CNC[C@@H]32)cn1.O=C(O)/C=C/C(=O)O. The number of hydrogen-bond donors (Lipinski definition) is 3. The molecule has 1 aromatic rings. The lowest BCUT2D eigenvalue weighted by Gasteiger charge is -2.45. The molecule has 0 aliphatic carbocycles. The number of carbonyl (C=O) groups is 2. The number of anilines is 1. The molecule has 7 nitrogen and oxygen atoms in total. The Labute approximate surface area is 132 Å². The number of aromatic nitrogens is 1. The van der Waals surface area contributed by atoms with Gasteiger partial charge in [-0.1, -0.05) is 11.6 Å². The normalized spacial score (nSPS) is 22.5. The molecular formula is C14H16ClN3O4. The lowest BCUT2D eigenvalue weighted by Crippen LogP contribution is -2.55. The van der Waals surface area contributed by atoms with Crippen LogP contribution in [0.5, 0.6) is 0 Å². The molecule has 22 heavy (non-hydrogen) atoms. The van der Waals surface area contributed by atoms with Crippen molar-refractivity contribution in [3.63, 3.8) is 0 Å². The highest BCUT2D eigenvalue weighted by atomic mass is 35.5. The van der Waals surface area contributed by atoms with Crippen LogP contribution >= 0.6 is 11.6 Å². The second kappa shape index (κ2) is 7.24. The zero-order valence-electron chi connectivity index (χ0n) is 11.6. The zero-order valence-corrected chi connectivity index (χ0v) is 12.4. The molecule has 2 atom stereocenters. The van der Waals surface area contributed by atoms with Gasteiger partial charge in [0.25, 0.3) is 0 Å². The maximum atomic E-state index is 9.55. The summed E-state index contributed by atoms with van der Waals surface area (Å²) in [5.41, 5.74) is 1.19. The quantitative estimate of drug-likeness (QED) is 0.559. The first kappa shape index (κ1) is 16.3. The van der Waals surface area contributed by atoms with Gasteiger partial charge in [-0.15, -0.1) is 0 Å². The largest absolute Gasteiger partial charge is 0.478 e. The number of aliphatic carboxylic acids is 2. The van der Waals surface area contributed by atoms with Gasteiger partial charge in [0.15, 0.2) is 0 Å². The van der Waals surface area contributed by atoms with Crippen molar-refractivity contribution in [3.8, 4) is 0 Å². The first-order chi connectivity index (χ1) is 10.5. The van der Waals surface area contributed by atoms with Gasteiger partial charge in [0, 0.05) is 43.7 Å². The molecule has 0 aromatic carbocycles. The molecule has 2 fully saturated rings. The molecule has 2 saturated heterocycles. The van der Waals surface area contributed by atoms with E-state index >= 15 is 0 Å². The summed E-state index contributed by atoms with van der Waals surface area (Å²) in [7, 11) is 0. The van der Waals surface area contributed by atoms with E-state index in [0.717, 1.165) is 19.0 Å². The zero-order chi connectivity index (χ0) is 16.1. The Morgan fingerprint density at radius 1 is 1.27 bits per heavy atom. The molecule has 0 radical (unpaired) electrons. The van der Waals surface area contributed by atoms with E-state index in [1.54, 1.807) is 0 Å². The van der Waals surface area contributed by atoms with Gasteiger partial charge in [-0.2, -0.15) is 0 Å². The smallest absolute Gasteiger partial charge is 0.328 e. The Morgan fingerprint density at radius 2 is 1.95 bits per heavy atom. The maximum Gasteiger partial charge on any atom is 0.328 e. The fourth-order valence-corrected chi connectivity index (χ4v) is 2.61. The molecule has 0 unspecified atom stereocenters. The summed E-state index contributed by atoms with van der Waals surface area (Å²) in [6.07, 6.45) is 2.97. The van der Waals surface area contributed by atoms with E-state index in [4.69, 9.17) is 21.8 Å². The second-order valence-electron chi connectivity index (χ2n) is 4.99. The molecule has 2 aliphatic heterocycles. The molecule has 3 rings (SSSR count). The summed E-state index contributed by atoms with van der Waals surface area (Å²) in [4.78, 5) is 25.6. The number of carboxylic acids is 2. The summed E-state index contributed by atoms with van der Waals surface area (Å²) in [5.74, 6) is -1.68. The monoisotopic (exact) mass is 325 g/mol. The summed E-state index contributed by atoms with van der Waals surface area (Å²) in [5, 5.41) is 19.6. The molecule has 3 heterocycles. The Hall–Kier alpha value is -2.12. The predicted molar refractivity (Wildman–Crippen MR) is 81.2 cm³/mol. The van der Waals surface area contributed by atoms with E-state index < -0.39 is 11.9 Å². The van der Waals surface area contributed by atoms with Gasteiger partial charge in [-0.25, -0.2) is 14.6 Å². The topological polar surface area (TPSA) is 103 Å². The fourth-order valence-electron chi connectivity index (χ4n) is 2.50. The van der Waals surface area contributed by atoms with Crippen LogP contribution in [0.1, 0.15) is 0 Å². The van der Waals surface area contributed by atoms with Crippen molar-refractivity contribution in [3.05, 3.63) is 35.6 Å². The number of fused-ring (bicyclic) bond motifs is 1. The third kappa shape index (κ3) is 4.19. The number of pyridine rings is 1. The minimum absolute atomic E-state index is 0.558. The van der Waals surface area contributed by atoms with Crippen molar-refractivity contribution < 1.29 is 19.8 Å². The molecule has 3 N–H and O–H groups in total. The van der Waals surface area contributed by atoms with Crippen LogP contribution in [0.2, 0.25) is 5.15 Å². The van der Waals surface area contributed by atoms with E-state index in [1.165, 1.54) is 12.2 Å². The summed E-state index contributed by atoms with van der Waals surface area (Å²) in [6.45, 7) is 3.43. The average Bonchev–Trinajstić information content (AvgIpc) is 2.81. The van der Waals surface area contributed by atoms with E-state index in [0.29, 0.717) is 23.3 Å². The number of nitrogens with zero attached hydrogens (tertiary/aromatic N) is 2. The number of hydrogen-bond acceptors (Lipinski definition) is 5. The molecular weight excluding hydrogens is 310 g/mol. The average molecular weight is 326 g/mol. The van der Waals surface area contributed by atoms with E-state index in [-0.39, 0.29) is 0 Å². The van der Waals surface area contributed by atoms with Gasteiger partial charge < -0.3 is 20.4 Å². The molecule has 1 aromatic heterocycles. The Kier molecular flexibility index (Phi) is 5.35. The van der Waals surface area contributed by atoms with Crippen LogP contribution < -0.4 is 10.2 Å². The summed E-state index contributed by atoms with van der Waals surface area (Å²) in [6, 6.07) is 4.58. The van der Waals surface area contributed by atoms with Crippen molar-refractivity contribution in [2.24, 2.45) is 5.92 Å². The summed E-state index contributed by atoms with van der Waals surface area (Å²) < 4.78 is 0. The first-order valence-corrected chi connectivity index (χ1v) is 7.08. The fraction of sp³-hybridized carbons (Fsp3) is 0.357. The molecule has 118 valence electrons. The van der Waals surface area contributed by atoms with Crippen molar-refractivity contribution in [1.29, 1.82) is 0 Å². The van der Waals surface area contributed by atoms with Gasteiger partial charge in [-0.3, -0.25) is 0 Å². The van der Waals surface area contributed by atoms with Gasteiger partial charge >= 0.3 is 11.9 Å². The van der Waals surface area contributed by atoms with Crippen LogP contribution in [0.3, 0.4) is 0 Å². The van der Waals surface area contributed by atoms with Crippen LogP contribution in [0, 0.1) is 5.92 Å². The van der Waals surface area contributed by atoms with Crippen LogP contribution in [-0.2, 0) is 9.59 Å². The van der Waals surface area contributed by atoms with Gasteiger partial charge in [-0.05, 0) is 12.1 Å². The van der Waals surface area contributed by atoms with Crippen LogP contribution in [0.15, 0.2) is 30.5 Å². The lowest BCUT2D eigenvalue weighted by atomic mass is 9.91. The van der Waals surface area contributed by atoms with Crippen LogP contribution in [-0.4, -0.2) is 52.8 Å². The maximum absolute atomic E-state index is 9.55. The van der Waals surface area contributed by atoms with Crippen LogP contribution in [0.4, 0.5) is 5.69 Å². The van der Waals surface area contributed by atoms with Crippen molar-refractivity contribution in [1.82, 2.24) is 10.3 Å². The van der Waals surface area contributed by atoms with Crippen LogP contribution in [0.25, 0.3) is 0 Å². The standard InChI is InChI=1S/C10H12ClN3.C4H4O4/c11-10-2-1-8(4-13-10)14-6-7-3-12-5-9(7)14;5-3(6)1-2-4(7)8/h1-2,4,7,9,12H,3,5-6H2;1-2H,(H,5,6)(H,7,8)/b;2-1+/t7-,9-;/m0./s1. The Morgan fingerprint density at radius 3 is 2.45 bits per heavy atom. The lowest BCUT2D eigenvalue weighted by molar-refractivity contribution is -0.134. The van der Waals surface area contributed by atoms with Gasteiger partial charge in [0.1, 0.15) is 5.15 Å². The Balaban J connectivity index is 0.000000192. The Bertz CT molecular complexity index is 560. The van der Waals surface area contributed by atoms with E-state index in [2.05, 4.69) is 15.2 Å².